The van der Waals surface area contributed by atoms with Crippen LogP contribution < -0.4 is 14.0 Å². The molecule has 6 heteroatoms. The van der Waals surface area contributed by atoms with Gasteiger partial charge in [-0.2, -0.15) is 0 Å². The molecule has 0 heterocycles. The van der Waals surface area contributed by atoms with Gasteiger partial charge in [0.05, 0.1) is 0 Å². The summed E-state index contributed by atoms with van der Waals surface area (Å²) in [5.41, 5.74) is 2.45. The van der Waals surface area contributed by atoms with Crippen LogP contribution in [0.4, 0.5) is 5.69 Å². The molecule has 1 radical (unpaired) electrons. The molecule has 0 saturated heterocycles. The zero-order valence-electron chi connectivity index (χ0n) is 15.4. The van der Waals surface area contributed by atoms with Crippen molar-refractivity contribution in [2.75, 3.05) is 25.6 Å². The molecule has 2 aromatic rings. The normalized spacial score (nSPS) is 11.3. The predicted molar refractivity (Wildman–Crippen MR) is 113 cm³/mol. The van der Waals surface area contributed by atoms with Gasteiger partial charge in [-0.1, -0.05) is 0 Å². The van der Waals surface area contributed by atoms with Gasteiger partial charge in [0.25, 0.3) is 0 Å². The van der Waals surface area contributed by atoms with Crippen molar-refractivity contribution in [2.45, 2.75) is 20.3 Å². The first-order chi connectivity index (χ1) is 12.3. The molecule has 0 N–H and O–H groups in total. The maximum atomic E-state index is 12.4. The Morgan fingerprint density at radius 1 is 1.12 bits per heavy atom. The molecule has 139 valence electrons. The number of rotatable bonds is 8. The van der Waals surface area contributed by atoms with E-state index in [2.05, 4.69) is 36.9 Å². The van der Waals surface area contributed by atoms with E-state index in [0.717, 1.165) is 10.8 Å². The van der Waals surface area contributed by atoms with Gasteiger partial charge in [-0.3, -0.25) is 0 Å². The minimum atomic E-state index is -0.945. The van der Waals surface area contributed by atoms with E-state index >= 15 is 0 Å². The van der Waals surface area contributed by atoms with Crippen LogP contribution in [0.2, 0.25) is 10.0 Å². The second-order valence-electron chi connectivity index (χ2n) is 6.53. The van der Waals surface area contributed by atoms with E-state index in [0.29, 0.717) is 15.8 Å². The number of hydrogen-bond donors (Lipinski definition) is 0. The summed E-state index contributed by atoms with van der Waals surface area (Å²) in [6.07, 6.45) is 0.944. The van der Waals surface area contributed by atoms with Gasteiger partial charge >= 0.3 is 173 Å². The van der Waals surface area contributed by atoms with E-state index < -0.39 is 15.8 Å². The van der Waals surface area contributed by atoms with Crippen molar-refractivity contribution < 1.29 is 9.53 Å². The van der Waals surface area contributed by atoms with Crippen molar-refractivity contribution in [3.8, 4) is 5.75 Å². The van der Waals surface area contributed by atoms with E-state index in [9.17, 15) is 4.79 Å². The molecule has 0 fully saturated rings. The quantitative estimate of drug-likeness (QED) is 0.566. The summed E-state index contributed by atoms with van der Waals surface area (Å²) >= 11 is 11.0. The van der Waals surface area contributed by atoms with Crippen LogP contribution in [0.1, 0.15) is 19.4 Å². The van der Waals surface area contributed by atoms with Crippen LogP contribution in [0.25, 0.3) is 0 Å². The number of nitrogens with zero attached hydrogens (tertiary/aromatic N) is 1. The number of carbonyl (C=O) groups is 1. The standard InChI is InChI=1S/C20H23AsCl2NO2/c1-13(2)9-14-5-6-15(10-18(14)24(3)4)21-20(25)12-26-19-8-7-16(22)11-17(19)23/h5-8,10-11,21H,9,12H2,1-4H3. The number of hydrogen-bond acceptors (Lipinski definition) is 3. The number of halogens is 2. The first kappa shape index (κ1) is 21.2. The van der Waals surface area contributed by atoms with Crippen molar-refractivity contribution in [1.29, 1.82) is 0 Å². The maximum absolute atomic E-state index is 12.4. The summed E-state index contributed by atoms with van der Waals surface area (Å²) in [5.74, 6) is 1.84. The third kappa shape index (κ3) is 6.23. The molecule has 0 aliphatic rings. The summed E-state index contributed by atoms with van der Waals surface area (Å²) < 4.78 is 6.77. The average molecular weight is 455 g/mol. The van der Waals surface area contributed by atoms with Crippen molar-refractivity contribution >= 4 is 53.6 Å². The summed E-state index contributed by atoms with van der Waals surface area (Å²) in [7, 11) is 4.06. The predicted octanol–water partition coefficient (Wildman–Crippen LogP) is 3.88. The Hall–Kier alpha value is -1.15. The topological polar surface area (TPSA) is 29.5 Å². The van der Waals surface area contributed by atoms with Crippen molar-refractivity contribution in [3.05, 3.63) is 57.9 Å². The van der Waals surface area contributed by atoms with Crippen LogP contribution in [0.3, 0.4) is 0 Å². The third-order valence-electron chi connectivity index (χ3n) is 3.65. The fourth-order valence-corrected chi connectivity index (χ4v) is 4.75. The molecule has 0 spiro atoms. The summed E-state index contributed by atoms with van der Waals surface area (Å²) in [4.78, 5) is 14.5. The zero-order valence-corrected chi connectivity index (χ0v) is 19.0. The van der Waals surface area contributed by atoms with Crippen molar-refractivity contribution in [2.24, 2.45) is 0 Å². The molecule has 2 aromatic carbocycles. The summed E-state index contributed by atoms with van der Waals surface area (Å²) in [6.45, 7) is 4.29. The molecule has 0 bridgehead atoms. The van der Waals surface area contributed by atoms with Gasteiger partial charge in [-0.15, -0.1) is 0 Å². The van der Waals surface area contributed by atoms with E-state index in [1.165, 1.54) is 17.2 Å². The van der Waals surface area contributed by atoms with Gasteiger partial charge in [-0.25, -0.2) is 0 Å². The number of anilines is 1. The SMILES string of the molecule is C[C](C)Cc1ccc([AsH]C(=O)COc2ccc(Cl)cc2Cl)cc1N(C)C. The minimum absolute atomic E-state index is 0.0300. The zero-order chi connectivity index (χ0) is 19.3. The number of carbonyl (C=O) groups excluding carboxylic acids is 1. The molecule has 0 aliphatic carbocycles. The Morgan fingerprint density at radius 3 is 2.46 bits per heavy atom. The van der Waals surface area contributed by atoms with Gasteiger partial charge in [0.1, 0.15) is 0 Å². The molecule has 0 amide bonds. The Bertz CT molecular complexity index is 778. The van der Waals surface area contributed by atoms with Crippen molar-refractivity contribution in [1.82, 2.24) is 0 Å². The van der Waals surface area contributed by atoms with Crippen LogP contribution in [-0.2, 0) is 11.2 Å². The van der Waals surface area contributed by atoms with Gasteiger partial charge in [-0.05, 0) is 0 Å². The molecule has 2 rings (SSSR count). The monoisotopic (exact) mass is 454 g/mol. The average Bonchev–Trinajstić information content (AvgIpc) is 2.54. The van der Waals surface area contributed by atoms with Gasteiger partial charge in [0, 0.05) is 0 Å². The molecule has 3 nitrogen and oxygen atoms in total. The second-order valence-corrected chi connectivity index (χ2v) is 10.3. The molecule has 0 aliphatic heterocycles. The van der Waals surface area contributed by atoms with Crippen LogP contribution in [-0.4, -0.2) is 41.0 Å². The van der Waals surface area contributed by atoms with Gasteiger partial charge < -0.3 is 0 Å². The molecule has 0 saturated carbocycles. The fourth-order valence-electron chi connectivity index (χ4n) is 2.52. The first-order valence-electron chi connectivity index (χ1n) is 8.23. The Balaban J connectivity index is 2.03. The Kier molecular flexibility index (Phi) is 7.88. The Morgan fingerprint density at radius 2 is 1.85 bits per heavy atom. The van der Waals surface area contributed by atoms with E-state index in [4.69, 9.17) is 27.9 Å². The summed E-state index contributed by atoms with van der Waals surface area (Å²) in [5, 5.41) is 0.953. The molecule has 1 atom stereocenters. The van der Waals surface area contributed by atoms with Crippen LogP contribution in [0, 0.1) is 5.92 Å². The fraction of sp³-hybridized carbons (Fsp3) is 0.300. The molecular formula is C20H23AsCl2NO2. The van der Waals surface area contributed by atoms with Crippen LogP contribution in [0.15, 0.2) is 36.4 Å². The molecular weight excluding hydrogens is 432 g/mol. The first-order valence-corrected chi connectivity index (χ1v) is 11.1. The number of benzene rings is 2. The molecule has 0 aromatic heterocycles. The van der Waals surface area contributed by atoms with Crippen LogP contribution >= 0.6 is 23.2 Å². The molecule has 26 heavy (non-hydrogen) atoms. The van der Waals surface area contributed by atoms with Gasteiger partial charge in [0.2, 0.25) is 0 Å². The van der Waals surface area contributed by atoms with Crippen molar-refractivity contribution in [3.63, 3.8) is 0 Å². The van der Waals surface area contributed by atoms with Gasteiger partial charge in [0.15, 0.2) is 0 Å². The summed E-state index contributed by atoms with van der Waals surface area (Å²) in [6, 6.07) is 11.3. The van der Waals surface area contributed by atoms with Crippen LogP contribution in [0.5, 0.6) is 5.75 Å². The molecule has 1 unspecified atom stereocenters. The third-order valence-corrected chi connectivity index (χ3v) is 6.32. The van der Waals surface area contributed by atoms with E-state index in [-0.39, 0.29) is 11.2 Å². The second kappa shape index (κ2) is 9.69. The Labute approximate surface area is 172 Å². The van der Waals surface area contributed by atoms with E-state index in [1.807, 2.05) is 14.1 Å². The number of ether oxygens (including phenoxy) is 1. The van der Waals surface area contributed by atoms with E-state index in [1.54, 1.807) is 18.2 Å².